The van der Waals surface area contributed by atoms with Crippen LogP contribution in [0.5, 0.6) is 5.75 Å². The van der Waals surface area contributed by atoms with E-state index in [0.29, 0.717) is 41.3 Å². The number of carbonyl (C=O) groups is 3. The summed E-state index contributed by atoms with van der Waals surface area (Å²) < 4.78 is 36.5. The summed E-state index contributed by atoms with van der Waals surface area (Å²) in [6.45, 7) is 3.85. The Morgan fingerprint density at radius 1 is 1.00 bits per heavy atom. The van der Waals surface area contributed by atoms with Gasteiger partial charge in [-0.05, 0) is 51.0 Å². The van der Waals surface area contributed by atoms with Crippen molar-refractivity contribution >= 4 is 56.6 Å². The van der Waals surface area contributed by atoms with Crippen LogP contribution in [-0.2, 0) is 19.6 Å². The van der Waals surface area contributed by atoms with Gasteiger partial charge in [-0.3, -0.25) is 19.1 Å². The number of aromatic nitrogens is 2. The largest absolute Gasteiger partial charge is 0.496 e. The van der Waals surface area contributed by atoms with Crippen LogP contribution in [0.15, 0.2) is 48.7 Å². The van der Waals surface area contributed by atoms with E-state index in [-0.39, 0.29) is 29.7 Å². The predicted octanol–water partition coefficient (Wildman–Crippen LogP) is 4.12. The minimum absolute atomic E-state index is 0.0290. The van der Waals surface area contributed by atoms with Crippen LogP contribution >= 0.6 is 0 Å². The number of hydrogen-bond donors (Lipinski definition) is 5. The Bertz CT molecular complexity index is 1670. The maximum Gasteiger partial charge on any atom is 0.343 e. The number of nitrogens with one attached hydrogen (secondary N) is 4. The molecule has 0 bridgehead atoms. The predicted molar refractivity (Wildman–Crippen MR) is 177 cm³/mol. The van der Waals surface area contributed by atoms with Crippen molar-refractivity contribution < 1.29 is 37.5 Å². The zero-order chi connectivity index (χ0) is 34.6. The van der Waals surface area contributed by atoms with Gasteiger partial charge in [0.2, 0.25) is 21.9 Å². The molecule has 5 N–H and O–H groups in total. The number of benzene rings is 2. The van der Waals surface area contributed by atoms with Crippen LogP contribution in [0.2, 0.25) is 0 Å². The lowest BCUT2D eigenvalue weighted by molar-refractivity contribution is -0.129. The SMILES string of the molecule is COc1cc(Nc2ncc(C(=O)OC(C)C)c(Nc3ccccc3N(C)S(C)(=O)=O)n2)ccc1C(=O)NCCCCCCC(=O)NO. The van der Waals surface area contributed by atoms with E-state index in [1.54, 1.807) is 61.8 Å². The number of hydrogen-bond acceptors (Lipinski definition) is 12. The Morgan fingerprint density at radius 3 is 2.40 bits per heavy atom. The van der Waals surface area contributed by atoms with E-state index < -0.39 is 28.0 Å². The Labute approximate surface area is 274 Å². The summed E-state index contributed by atoms with van der Waals surface area (Å²) in [5.74, 6) is -0.942. The van der Waals surface area contributed by atoms with Gasteiger partial charge in [-0.15, -0.1) is 0 Å². The van der Waals surface area contributed by atoms with E-state index in [0.717, 1.165) is 29.8 Å². The molecule has 0 aliphatic heterocycles. The number of hydroxylamine groups is 1. The van der Waals surface area contributed by atoms with Crippen molar-refractivity contribution in [1.82, 2.24) is 20.8 Å². The quantitative estimate of drug-likeness (QED) is 0.0596. The highest BCUT2D eigenvalue weighted by Crippen LogP contribution is 2.31. The van der Waals surface area contributed by atoms with Crippen molar-refractivity contribution in [2.24, 2.45) is 0 Å². The first-order chi connectivity index (χ1) is 22.3. The standard InChI is InChI=1S/C31H41N7O8S/c1-20(2)46-30(41)23-19-33-31(36-28(23)35-24-12-9-10-13-25(24)38(3)47(5,43)44)34-21-15-16-22(26(18-21)45-4)29(40)32-17-11-7-6-8-14-27(39)37-42/h9-10,12-13,15-16,18-20,42H,6-8,11,14,17H2,1-5H3,(H,32,40)(H,37,39)(H2,33,34,35,36). The number of ether oxygens (including phenoxy) is 2. The highest BCUT2D eigenvalue weighted by atomic mass is 32.2. The highest BCUT2D eigenvalue weighted by molar-refractivity contribution is 7.92. The molecule has 0 saturated carbocycles. The third-order valence-corrected chi connectivity index (χ3v) is 7.98. The summed E-state index contributed by atoms with van der Waals surface area (Å²) in [5, 5.41) is 17.5. The molecule has 0 unspecified atom stereocenters. The van der Waals surface area contributed by atoms with Crippen molar-refractivity contribution in [1.29, 1.82) is 0 Å². The zero-order valence-electron chi connectivity index (χ0n) is 27.0. The molecule has 0 aliphatic carbocycles. The van der Waals surface area contributed by atoms with Crippen molar-refractivity contribution in [3.8, 4) is 5.75 Å². The van der Waals surface area contributed by atoms with Gasteiger partial charge in [-0.25, -0.2) is 23.7 Å². The van der Waals surface area contributed by atoms with Crippen molar-refractivity contribution in [3.63, 3.8) is 0 Å². The summed E-state index contributed by atoms with van der Waals surface area (Å²) in [5.41, 5.74) is 3.14. The summed E-state index contributed by atoms with van der Waals surface area (Å²) >= 11 is 0. The molecular formula is C31H41N7O8S. The van der Waals surface area contributed by atoms with Gasteiger partial charge in [0.15, 0.2) is 5.82 Å². The van der Waals surface area contributed by atoms with Gasteiger partial charge in [0.25, 0.3) is 5.91 Å². The monoisotopic (exact) mass is 671 g/mol. The molecular weight excluding hydrogens is 630 g/mol. The van der Waals surface area contributed by atoms with Gasteiger partial charge in [0.05, 0.1) is 36.4 Å². The molecule has 2 aromatic carbocycles. The number of carbonyl (C=O) groups excluding carboxylic acids is 3. The number of amides is 2. The van der Waals surface area contributed by atoms with Crippen LogP contribution in [0.3, 0.4) is 0 Å². The summed E-state index contributed by atoms with van der Waals surface area (Å²) in [7, 11) is -0.738. The lowest BCUT2D eigenvalue weighted by atomic mass is 10.1. The van der Waals surface area contributed by atoms with E-state index >= 15 is 0 Å². The van der Waals surface area contributed by atoms with E-state index in [4.69, 9.17) is 14.7 Å². The molecule has 16 heteroatoms. The van der Waals surface area contributed by atoms with Gasteiger partial charge in [-0.1, -0.05) is 25.0 Å². The Kier molecular flexibility index (Phi) is 13.3. The average molecular weight is 672 g/mol. The van der Waals surface area contributed by atoms with Crippen LogP contribution < -0.4 is 30.5 Å². The van der Waals surface area contributed by atoms with Crippen LogP contribution in [0.1, 0.15) is 66.7 Å². The second-order valence-electron chi connectivity index (χ2n) is 10.8. The van der Waals surface area contributed by atoms with Crippen molar-refractivity contribution in [2.45, 2.75) is 52.1 Å². The molecule has 1 aromatic heterocycles. The molecule has 47 heavy (non-hydrogen) atoms. The van der Waals surface area contributed by atoms with E-state index in [9.17, 15) is 22.8 Å². The van der Waals surface area contributed by atoms with Gasteiger partial charge < -0.3 is 25.4 Å². The third-order valence-electron chi connectivity index (χ3n) is 6.79. The molecule has 0 radical (unpaired) electrons. The van der Waals surface area contributed by atoms with Crippen molar-refractivity contribution in [3.05, 3.63) is 59.8 Å². The van der Waals surface area contributed by atoms with E-state index in [1.807, 2.05) is 0 Å². The second-order valence-corrected chi connectivity index (χ2v) is 12.8. The van der Waals surface area contributed by atoms with Crippen LogP contribution in [-0.4, -0.2) is 74.4 Å². The first-order valence-corrected chi connectivity index (χ1v) is 16.7. The molecule has 3 rings (SSSR count). The maximum absolute atomic E-state index is 12.9. The highest BCUT2D eigenvalue weighted by Gasteiger charge is 2.21. The number of rotatable bonds is 17. The minimum Gasteiger partial charge on any atom is -0.496 e. The van der Waals surface area contributed by atoms with Gasteiger partial charge in [0.1, 0.15) is 11.3 Å². The molecule has 0 aliphatic rings. The molecule has 2 amide bonds. The molecule has 0 spiro atoms. The number of esters is 1. The number of anilines is 5. The number of methoxy groups -OCH3 is 1. The number of sulfonamides is 1. The van der Waals surface area contributed by atoms with E-state index in [1.165, 1.54) is 20.4 Å². The fourth-order valence-electron chi connectivity index (χ4n) is 4.33. The van der Waals surface area contributed by atoms with Gasteiger partial charge >= 0.3 is 5.97 Å². The van der Waals surface area contributed by atoms with Crippen molar-refractivity contribution in [2.75, 3.05) is 41.9 Å². The Morgan fingerprint density at radius 2 is 1.72 bits per heavy atom. The fraction of sp³-hybridized carbons (Fsp3) is 0.387. The number of unbranched alkanes of at least 4 members (excludes halogenated alkanes) is 3. The molecule has 15 nitrogen and oxygen atoms in total. The molecule has 3 aromatic rings. The normalized spacial score (nSPS) is 11.0. The Hall–Kier alpha value is -4.96. The van der Waals surface area contributed by atoms with Crippen LogP contribution in [0.4, 0.5) is 28.8 Å². The number of para-hydroxylation sites is 2. The first-order valence-electron chi connectivity index (χ1n) is 14.9. The smallest absolute Gasteiger partial charge is 0.343 e. The van der Waals surface area contributed by atoms with E-state index in [2.05, 4.69) is 25.9 Å². The summed E-state index contributed by atoms with van der Waals surface area (Å²) in [6.07, 6.45) is 5.17. The molecule has 254 valence electrons. The molecule has 0 fully saturated rings. The van der Waals surface area contributed by atoms with Gasteiger partial charge in [-0.2, -0.15) is 4.98 Å². The third kappa shape index (κ3) is 10.8. The maximum atomic E-state index is 12.9. The van der Waals surface area contributed by atoms with Gasteiger partial charge in [0, 0.05) is 38.0 Å². The topological polar surface area (TPSA) is 201 Å². The van der Waals surface area contributed by atoms with Crippen LogP contribution in [0.25, 0.3) is 0 Å². The molecule has 1 heterocycles. The molecule has 0 saturated heterocycles. The summed E-state index contributed by atoms with van der Waals surface area (Å²) in [6, 6.07) is 11.5. The molecule has 0 atom stereocenters. The Balaban J connectivity index is 1.79. The second kappa shape index (κ2) is 17.1. The minimum atomic E-state index is -3.60. The lowest BCUT2D eigenvalue weighted by Gasteiger charge is -2.21. The fourth-order valence-corrected chi connectivity index (χ4v) is 4.84. The lowest BCUT2D eigenvalue weighted by Crippen LogP contribution is -2.25. The first kappa shape index (κ1) is 36.5. The number of nitrogens with zero attached hydrogens (tertiary/aromatic N) is 3. The zero-order valence-corrected chi connectivity index (χ0v) is 27.8. The summed E-state index contributed by atoms with van der Waals surface area (Å²) in [4.78, 5) is 45.6. The van der Waals surface area contributed by atoms with Crippen LogP contribution in [0, 0.1) is 0 Å². The average Bonchev–Trinajstić information content (AvgIpc) is 3.03.